The maximum Gasteiger partial charge on any atom is 0.312 e. The van der Waals surface area contributed by atoms with E-state index in [-0.39, 0.29) is 10.6 Å². The van der Waals surface area contributed by atoms with E-state index in [0.29, 0.717) is 16.3 Å². The Labute approximate surface area is 120 Å². The third kappa shape index (κ3) is 3.22. The number of nitro groups is 1. The molecule has 19 heavy (non-hydrogen) atoms. The lowest BCUT2D eigenvalue weighted by Gasteiger charge is -2.36. The van der Waals surface area contributed by atoms with E-state index in [1.165, 1.54) is 6.07 Å². The third-order valence-corrected chi connectivity index (χ3v) is 3.87. The van der Waals surface area contributed by atoms with Crippen LogP contribution in [0, 0.1) is 10.1 Å². The number of anilines is 1. The molecule has 0 bridgehead atoms. The normalized spacial score (nSPS) is 19.8. The fourth-order valence-electron chi connectivity index (χ4n) is 2.37. The van der Waals surface area contributed by atoms with Crippen molar-refractivity contribution in [3.8, 4) is 0 Å². The molecule has 0 aromatic carbocycles. The van der Waals surface area contributed by atoms with Crippen molar-refractivity contribution >= 4 is 27.4 Å². The molecule has 2 heterocycles. The average molecular weight is 329 g/mol. The zero-order valence-corrected chi connectivity index (χ0v) is 12.6. The third-order valence-electron chi connectivity index (χ3n) is 3.44. The minimum atomic E-state index is -0.369. The monoisotopic (exact) mass is 328 g/mol. The lowest BCUT2D eigenvalue weighted by Crippen LogP contribution is -2.45. The average Bonchev–Trinajstić information content (AvgIpc) is 2.38. The van der Waals surface area contributed by atoms with Gasteiger partial charge < -0.3 is 9.80 Å². The molecule has 1 aliphatic rings. The zero-order chi connectivity index (χ0) is 14.0. The van der Waals surface area contributed by atoms with E-state index in [1.54, 1.807) is 6.20 Å². The first-order chi connectivity index (χ1) is 8.99. The van der Waals surface area contributed by atoms with Crippen LogP contribution < -0.4 is 4.90 Å². The summed E-state index contributed by atoms with van der Waals surface area (Å²) in [5, 5.41) is 11.1. The van der Waals surface area contributed by atoms with E-state index in [4.69, 9.17) is 0 Å². The molecular formula is C12H17BrN4O2. The standard InChI is InChI=1S/C12H17BrN4O2/c1-15(2)10-4-3-5-16(8-10)12-11(17(18)19)6-9(13)7-14-12/h6-7,10H,3-5,8H2,1-2H3. The van der Waals surface area contributed by atoms with Crippen LogP contribution in [0.3, 0.4) is 0 Å². The van der Waals surface area contributed by atoms with Gasteiger partial charge in [-0.15, -0.1) is 0 Å². The second-order valence-electron chi connectivity index (χ2n) is 4.96. The van der Waals surface area contributed by atoms with E-state index in [0.717, 1.165) is 25.9 Å². The molecule has 0 spiro atoms. The summed E-state index contributed by atoms with van der Waals surface area (Å²) in [5.74, 6) is 0.472. The zero-order valence-electron chi connectivity index (χ0n) is 11.0. The number of pyridine rings is 1. The molecule has 1 aromatic heterocycles. The van der Waals surface area contributed by atoms with Gasteiger partial charge in [-0.3, -0.25) is 10.1 Å². The minimum Gasteiger partial charge on any atom is -0.349 e. The van der Waals surface area contributed by atoms with Crippen LogP contribution in [0.1, 0.15) is 12.8 Å². The molecule has 1 fully saturated rings. The highest BCUT2D eigenvalue weighted by Gasteiger charge is 2.27. The Morgan fingerprint density at radius 3 is 2.95 bits per heavy atom. The minimum absolute atomic E-state index is 0.0637. The molecule has 0 saturated carbocycles. The van der Waals surface area contributed by atoms with E-state index < -0.39 is 0 Å². The molecule has 1 saturated heterocycles. The van der Waals surface area contributed by atoms with E-state index >= 15 is 0 Å². The number of nitrogens with zero attached hydrogens (tertiary/aromatic N) is 4. The largest absolute Gasteiger partial charge is 0.349 e. The highest BCUT2D eigenvalue weighted by Crippen LogP contribution is 2.30. The summed E-state index contributed by atoms with van der Waals surface area (Å²) >= 11 is 3.23. The highest BCUT2D eigenvalue weighted by atomic mass is 79.9. The summed E-state index contributed by atoms with van der Waals surface area (Å²) in [6.45, 7) is 1.60. The van der Waals surface area contributed by atoms with E-state index in [1.807, 2.05) is 19.0 Å². The Kier molecular flexibility index (Phi) is 4.36. The van der Waals surface area contributed by atoms with Gasteiger partial charge in [0.1, 0.15) is 0 Å². The van der Waals surface area contributed by atoms with Crippen LogP contribution in [0.5, 0.6) is 0 Å². The number of aromatic nitrogens is 1. The first kappa shape index (κ1) is 14.2. The summed E-state index contributed by atoms with van der Waals surface area (Å²) in [6.07, 6.45) is 3.76. The summed E-state index contributed by atoms with van der Waals surface area (Å²) in [7, 11) is 4.08. The molecule has 104 valence electrons. The Hall–Kier alpha value is -1.21. The van der Waals surface area contributed by atoms with Gasteiger partial charge in [0.2, 0.25) is 5.82 Å². The van der Waals surface area contributed by atoms with Gasteiger partial charge in [0.05, 0.1) is 4.92 Å². The van der Waals surface area contributed by atoms with Gasteiger partial charge in [-0.25, -0.2) is 4.98 Å². The van der Waals surface area contributed by atoms with Gasteiger partial charge in [0, 0.05) is 35.9 Å². The van der Waals surface area contributed by atoms with Gasteiger partial charge >= 0.3 is 5.69 Å². The highest BCUT2D eigenvalue weighted by molar-refractivity contribution is 9.10. The predicted molar refractivity (Wildman–Crippen MR) is 77.5 cm³/mol. The Bertz CT molecular complexity index is 481. The number of rotatable bonds is 3. The molecule has 1 atom stereocenters. The van der Waals surface area contributed by atoms with Gasteiger partial charge in [0.15, 0.2) is 0 Å². The molecule has 1 aliphatic heterocycles. The quantitative estimate of drug-likeness (QED) is 0.629. The summed E-state index contributed by atoms with van der Waals surface area (Å²) in [5.41, 5.74) is 0.0637. The molecular weight excluding hydrogens is 312 g/mol. The van der Waals surface area contributed by atoms with Crippen molar-refractivity contribution in [3.63, 3.8) is 0 Å². The Morgan fingerprint density at radius 1 is 1.58 bits per heavy atom. The fourth-order valence-corrected chi connectivity index (χ4v) is 2.69. The number of hydrogen-bond donors (Lipinski definition) is 0. The second-order valence-corrected chi connectivity index (χ2v) is 5.87. The summed E-state index contributed by atoms with van der Waals surface area (Å²) < 4.78 is 0.629. The maximum absolute atomic E-state index is 11.1. The van der Waals surface area contributed by atoms with Gasteiger partial charge in [0.25, 0.3) is 0 Å². The molecule has 0 N–H and O–H groups in total. The summed E-state index contributed by atoms with van der Waals surface area (Å²) in [6, 6.07) is 1.93. The predicted octanol–water partition coefficient (Wildman–Crippen LogP) is 2.28. The van der Waals surface area contributed by atoms with Crippen molar-refractivity contribution in [2.45, 2.75) is 18.9 Å². The molecule has 6 nitrogen and oxygen atoms in total. The second kappa shape index (κ2) is 5.83. The van der Waals surface area contributed by atoms with Crippen LogP contribution >= 0.6 is 15.9 Å². The smallest absolute Gasteiger partial charge is 0.312 e. The van der Waals surface area contributed by atoms with Crippen molar-refractivity contribution in [2.75, 3.05) is 32.1 Å². The maximum atomic E-state index is 11.1. The number of halogens is 1. The Morgan fingerprint density at radius 2 is 2.32 bits per heavy atom. The molecule has 0 aliphatic carbocycles. The van der Waals surface area contributed by atoms with Crippen molar-refractivity contribution in [2.24, 2.45) is 0 Å². The van der Waals surface area contributed by atoms with Crippen LogP contribution in [0.25, 0.3) is 0 Å². The van der Waals surface area contributed by atoms with Crippen molar-refractivity contribution < 1.29 is 4.92 Å². The first-order valence-electron chi connectivity index (χ1n) is 6.20. The molecule has 1 aromatic rings. The van der Waals surface area contributed by atoms with Gasteiger partial charge in [-0.2, -0.15) is 0 Å². The topological polar surface area (TPSA) is 62.5 Å². The SMILES string of the molecule is CN(C)C1CCCN(c2ncc(Br)cc2[N+](=O)[O-])C1. The van der Waals surface area contributed by atoms with Crippen molar-refractivity contribution in [3.05, 3.63) is 26.9 Å². The van der Waals surface area contributed by atoms with Crippen LogP contribution in [0.4, 0.5) is 11.5 Å². The van der Waals surface area contributed by atoms with Gasteiger partial charge in [-0.1, -0.05) is 0 Å². The summed E-state index contributed by atoms with van der Waals surface area (Å²) in [4.78, 5) is 19.2. The Balaban J connectivity index is 2.28. The lowest BCUT2D eigenvalue weighted by molar-refractivity contribution is -0.384. The lowest BCUT2D eigenvalue weighted by atomic mass is 10.0. The number of likely N-dealkylation sites (N-methyl/N-ethyl adjacent to an activating group) is 1. The van der Waals surface area contributed by atoms with Crippen molar-refractivity contribution in [1.29, 1.82) is 0 Å². The van der Waals surface area contributed by atoms with Crippen LogP contribution in [0.15, 0.2) is 16.7 Å². The van der Waals surface area contributed by atoms with Gasteiger partial charge in [-0.05, 0) is 42.9 Å². The van der Waals surface area contributed by atoms with Crippen LogP contribution in [0.2, 0.25) is 0 Å². The molecule has 1 unspecified atom stereocenters. The van der Waals surface area contributed by atoms with Crippen LogP contribution in [-0.4, -0.2) is 48.0 Å². The molecule has 2 rings (SSSR count). The molecule has 0 radical (unpaired) electrons. The van der Waals surface area contributed by atoms with Crippen molar-refractivity contribution in [1.82, 2.24) is 9.88 Å². The van der Waals surface area contributed by atoms with E-state index in [2.05, 4.69) is 25.8 Å². The number of piperidine rings is 1. The first-order valence-corrected chi connectivity index (χ1v) is 6.99. The number of hydrogen-bond acceptors (Lipinski definition) is 5. The van der Waals surface area contributed by atoms with Crippen LogP contribution in [-0.2, 0) is 0 Å². The molecule has 7 heteroatoms. The fraction of sp³-hybridized carbons (Fsp3) is 0.583. The van der Waals surface area contributed by atoms with E-state index in [9.17, 15) is 10.1 Å². The molecule has 0 amide bonds.